The predicted octanol–water partition coefficient (Wildman–Crippen LogP) is 0.828. The summed E-state index contributed by atoms with van der Waals surface area (Å²) in [7, 11) is 0. The number of carboxylic acid groups (broad SMARTS) is 1. The number of amides is 1. The van der Waals surface area contributed by atoms with Gasteiger partial charge in [-0.2, -0.15) is 0 Å². The van der Waals surface area contributed by atoms with Gasteiger partial charge in [0.2, 0.25) is 0 Å². The van der Waals surface area contributed by atoms with Crippen molar-refractivity contribution in [3.63, 3.8) is 0 Å². The number of benzene rings is 1. The maximum absolute atomic E-state index is 11.6. The molecule has 7 heteroatoms. The summed E-state index contributed by atoms with van der Waals surface area (Å²) in [6.45, 7) is -0.0621. The molecule has 0 aliphatic heterocycles. The Kier molecular flexibility index (Phi) is 5.86. The van der Waals surface area contributed by atoms with E-state index in [1.54, 1.807) is 12.1 Å². The van der Waals surface area contributed by atoms with Crippen molar-refractivity contribution in [3.8, 4) is 5.75 Å². The molecule has 0 spiro atoms. The lowest BCUT2D eigenvalue weighted by Gasteiger charge is -2.06. The lowest BCUT2D eigenvalue weighted by molar-refractivity contribution is -0.142. The average molecular weight is 365 g/mol. The number of nitrogens with one attached hydrogen (secondary N) is 1. The Labute approximate surface area is 117 Å². The number of hydrogen-bond acceptors (Lipinski definition) is 4. The molecule has 1 rings (SSSR count). The minimum atomic E-state index is -1.05. The highest BCUT2D eigenvalue weighted by atomic mass is 127. The number of aromatic hydroxyl groups is 1. The molecule has 98 valence electrons. The second-order valence-corrected chi connectivity index (χ2v) is 4.53. The van der Waals surface area contributed by atoms with Crippen molar-refractivity contribution in [3.05, 3.63) is 27.3 Å². The van der Waals surface area contributed by atoms with Crippen LogP contribution in [-0.4, -0.2) is 41.8 Å². The Morgan fingerprint density at radius 2 is 2.11 bits per heavy atom. The van der Waals surface area contributed by atoms with Crippen molar-refractivity contribution >= 4 is 34.5 Å². The van der Waals surface area contributed by atoms with Gasteiger partial charge in [0.1, 0.15) is 12.4 Å². The highest BCUT2D eigenvalue weighted by Gasteiger charge is 2.07. The van der Waals surface area contributed by atoms with E-state index in [0.717, 1.165) is 0 Å². The third-order valence-electron chi connectivity index (χ3n) is 1.97. The third kappa shape index (κ3) is 4.88. The number of carbonyl (C=O) groups is 2. The van der Waals surface area contributed by atoms with Gasteiger partial charge in [-0.15, -0.1) is 0 Å². The van der Waals surface area contributed by atoms with Crippen LogP contribution >= 0.6 is 22.6 Å². The van der Waals surface area contributed by atoms with Crippen LogP contribution in [0.2, 0.25) is 0 Å². The summed E-state index contributed by atoms with van der Waals surface area (Å²) in [5, 5.41) is 20.3. The van der Waals surface area contributed by atoms with Crippen molar-refractivity contribution in [2.45, 2.75) is 0 Å². The first-order valence-electron chi connectivity index (χ1n) is 5.07. The molecule has 0 unspecified atom stereocenters. The zero-order valence-electron chi connectivity index (χ0n) is 9.35. The van der Waals surface area contributed by atoms with Crippen LogP contribution < -0.4 is 5.32 Å². The highest BCUT2D eigenvalue weighted by Crippen LogP contribution is 2.20. The van der Waals surface area contributed by atoms with Gasteiger partial charge in [-0.1, -0.05) is 0 Å². The monoisotopic (exact) mass is 365 g/mol. The Morgan fingerprint density at radius 1 is 1.39 bits per heavy atom. The van der Waals surface area contributed by atoms with E-state index in [1.165, 1.54) is 6.07 Å². The van der Waals surface area contributed by atoms with Crippen LogP contribution in [0.25, 0.3) is 0 Å². The standard InChI is InChI=1S/C11H12INO5/c12-8-2-1-7(5-9(8)14)11(17)13-3-4-18-6-10(15)16/h1-2,5,14H,3-4,6H2,(H,13,17)(H,15,16). The summed E-state index contributed by atoms with van der Waals surface area (Å²) in [5.74, 6) is -1.35. The van der Waals surface area contributed by atoms with E-state index < -0.39 is 5.97 Å². The molecule has 1 aromatic rings. The van der Waals surface area contributed by atoms with Gasteiger partial charge in [0, 0.05) is 12.1 Å². The van der Waals surface area contributed by atoms with Crippen molar-refractivity contribution in [1.82, 2.24) is 5.32 Å². The fraction of sp³-hybridized carbons (Fsp3) is 0.273. The molecule has 3 N–H and O–H groups in total. The first-order chi connectivity index (χ1) is 8.50. The molecular formula is C11H12INO5. The van der Waals surface area contributed by atoms with Gasteiger partial charge >= 0.3 is 5.97 Å². The maximum Gasteiger partial charge on any atom is 0.329 e. The fourth-order valence-electron chi connectivity index (χ4n) is 1.15. The average Bonchev–Trinajstić information content (AvgIpc) is 2.31. The van der Waals surface area contributed by atoms with Crippen LogP contribution in [0.1, 0.15) is 10.4 Å². The van der Waals surface area contributed by atoms with Gasteiger partial charge in [-0.25, -0.2) is 4.79 Å². The third-order valence-corrected chi connectivity index (χ3v) is 2.88. The van der Waals surface area contributed by atoms with Crippen molar-refractivity contribution in [1.29, 1.82) is 0 Å². The number of phenols is 1. The fourth-order valence-corrected chi connectivity index (χ4v) is 1.49. The largest absolute Gasteiger partial charge is 0.507 e. The molecule has 0 heterocycles. The van der Waals surface area contributed by atoms with Crippen molar-refractivity contribution in [2.75, 3.05) is 19.8 Å². The predicted molar refractivity (Wildman–Crippen MR) is 71.6 cm³/mol. The molecule has 6 nitrogen and oxygen atoms in total. The molecule has 18 heavy (non-hydrogen) atoms. The van der Waals surface area contributed by atoms with Crippen LogP contribution in [0, 0.1) is 3.57 Å². The summed E-state index contributed by atoms with van der Waals surface area (Å²) in [6.07, 6.45) is 0. The first kappa shape index (κ1) is 14.7. The zero-order valence-corrected chi connectivity index (χ0v) is 11.5. The normalized spacial score (nSPS) is 10.1. The molecule has 0 saturated heterocycles. The molecule has 0 aromatic heterocycles. The van der Waals surface area contributed by atoms with Crippen molar-refractivity contribution < 1.29 is 24.5 Å². The molecule has 1 aromatic carbocycles. The Morgan fingerprint density at radius 3 is 2.72 bits per heavy atom. The lowest BCUT2D eigenvalue weighted by atomic mass is 10.2. The van der Waals surface area contributed by atoms with Gasteiger partial charge in [0.15, 0.2) is 0 Å². The number of rotatable bonds is 6. The molecule has 0 atom stereocenters. The summed E-state index contributed by atoms with van der Waals surface area (Å²) in [6, 6.07) is 4.59. The quantitative estimate of drug-likeness (QED) is 0.513. The molecule has 1 amide bonds. The zero-order chi connectivity index (χ0) is 13.5. The summed E-state index contributed by atoms with van der Waals surface area (Å²) in [4.78, 5) is 21.8. The van der Waals surface area contributed by atoms with Gasteiger partial charge < -0.3 is 20.3 Å². The van der Waals surface area contributed by atoms with Crippen LogP contribution in [0.4, 0.5) is 0 Å². The summed E-state index contributed by atoms with van der Waals surface area (Å²) < 4.78 is 5.42. The summed E-state index contributed by atoms with van der Waals surface area (Å²) in [5.41, 5.74) is 0.339. The van der Waals surface area contributed by atoms with Gasteiger partial charge in [0.05, 0.1) is 10.2 Å². The van der Waals surface area contributed by atoms with Gasteiger partial charge in [0.25, 0.3) is 5.91 Å². The molecule has 0 aliphatic carbocycles. The first-order valence-corrected chi connectivity index (χ1v) is 6.15. The van der Waals surface area contributed by atoms with E-state index in [0.29, 0.717) is 9.13 Å². The van der Waals surface area contributed by atoms with Crippen LogP contribution in [0.5, 0.6) is 5.75 Å². The number of carbonyl (C=O) groups excluding carboxylic acids is 1. The number of carboxylic acids is 1. The topological polar surface area (TPSA) is 95.9 Å². The van der Waals surface area contributed by atoms with Gasteiger partial charge in [-0.05, 0) is 40.8 Å². The molecule has 0 saturated carbocycles. The van der Waals surface area contributed by atoms with E-state index >= 15 is 0 Å². The Balaban J connectivity index is 2.36. The number of hydrogen-bond donors (Lipinski definition) is 3. The second kappa shape index (κ2) is 7.17. The molecule has 0 fully saturated rings. The lowest BCUT2D eigenvalue weighted by Crippen LogP contribution is -2.27. The molecule has 0 radical (unpaired) electrons. The smallest absolute Gasteiger partial charge is 0.329 e. The highest BCUT2D eigenvalue weighted by molar-refractivity contribution is 14.1. The molecular weight excluding hydrogens is 353 g/mol. The van der Waals surface area contributed by atoms with Crippen molar-refractivity contribution in [2.24, 2.45) is 0 Å². The SMILES string of the molecule is O=C(O)COCCNC(=O)c1ccc(I)c(O)c1. The van der Waals surface area contributed by atoms with E-state index in [-0.39, 0.29) is 31.4 Å². The van der Waals surface area contributed by atoms with Crippen LogP contribution in [0.15, 0.2) is 18.2 Å². The van der Waals surface area contributed by atoms with Gasteiger partial charge in [-0.3, -0.25) is 4.79 Å². The number of aliphatic carboxylic acids is 1. The van der Waals surface area contributed by atoms with E-state index in [1.807, 2.05) is 22.6 Å². The number of phenolic OH excluding ortho intramolecular Hbond substituents is 1. The minimum absolute atomic E-state index is 0.0466. The summed E-state index contributed by atoms with van der Waals surface area (Å²) >= 11 is 1.95. The molecule has 0 aliphatic rings. The maximum atomic E-state index is 11.6. The number of ether oxygens (including phenoxy) is 1. The van der Waals surface area contributed by atoms with Crippen LogP contribution in [-0.2, 0) is 9.53 Å². The second-order valence-electron chi connectivity index (χ2n) is 3.37. The Hall–Kier alpha value is -1.35. The Bertz CT molecular complexity index is 449. The van der Waals surface area contributed by atoms with E-state index in [2.05, 4.69) is 5.32 Å². The van der Waals surface area contributed by atoms with Crippen LogP contribution in [0.3, 0.4) is 0 Å². The molecule has 0 bridgehead atoms. The number of halogens is 1. The van der Waals surface area contributed by atoms with E-state index in [4.69, 9.17) is 9.84 Å². The van der Waals surface area contributed by atoms with E-state index in [9.17, 15) is 14.7 Å². The minimum Gasteiger partial charge on any atom is -0.507 e.